The van der Waals surface area contributed by atoms with E-state index in [9.17, 15) is 5.11 Å². The van der Waals surface area contributed by atoms with Crippen molar-refractivity contribution in [2.45, 2.75) is 69.9 Å². The molecule has 0 aromatic rings. The lowest BCUT2D eigenvalue weighted by Gasteiger charge is -2.31. The van der Waals surface area contributed by atoms with Gasteiger partial charge in [-0.1, -0.05) is 12.8 Å². The maximum Gasteiger partial charge on any atom is 0.199 e. The third-order valence-electron chi connectivity index (χ3n) is 3.33. The minimum absolute atomic E-state index is 0.298. The van der Waals surface area contributed by atoms with Gasteiger partial charge in [-0.25, -0.2) is 4.89 Å². The van der Waals surface area contributed by atoms with Crippen LogP contribution < -0.4 is 0 Å². The van der Waals surface area contributed by atoms with Crippen molar-refractivity contribution < 1.29 is 19.6 Å². The van der Waals surface area contributed by atoms with Crippen molar-refractivity contribution in [2.24, 2.45) is 0 Å². The summed E-state index contributed by atoms with van der Waals surface area (Å²) >= 11 is 0. The molecule has 0 bridgehead atoms. The molecule has 1 saturated heterocycles. The first-order valence-corrected chi connectivity index (χ1v) is 6.47. The molecule has 1 aliphatic heterocycles. The Morgan fingerprint density at radius 1 is 1.00 bits per heavy atom. The number of rotatable bonds is 3. The van der Waals surface area contributed by atoms with Crippen molar-refractivity contribution in [3.63, 3.8) is 0 Å². The Morgan fingerprint density at radius 2 is 1.75 bits per heavy atom. The summed E-state index contributed by atoms with van der Waals surface area (Å²) < 4.78 is 5.48. The SMILES string of the molecule is OC1(OOC2CCCCCO2)CCCCC1. The van der Waals surface area contributed by atoms with Crippen LogP contribution in [0.15, 0.2) is 0 Å². The Kier molecular flexibility index (Phi) is 4.58. The van der Waals surface area contributed by atoms with Gasteiger partial charge >= 0.3 is 0 Å². The number of aliphatic hydroxyl groups is 1. The van der Waals surface area contributed by atoms with E-state index in [2.05, 4.69) is 0 Å². The lowest BCUT2D eigenvalue weighted by molar-refractivity contribution is -0.470. The van der Waals surface area contributed by atoms with Crippen LogP contribution in [0.1, 0.15) is 57.8 Å². The van der Waals surface area contributed by atoms with Crippen LogP contribution in [-0.4, -0.2) is 23.8 Å². The largest absolute Gasteiger partial charge is 0.363 e. The van der Waals surface area contributed by atoms with Crippen molar-refractivity contribution in [1.82, 2.24) is 0 Å². The van der Waals surface area contributed by atoms with Crippen molar-refractivity contribution in [3.8, 4) is 0 Å². The van der Waals surface area contributed by atoms with Crippen LogP contribution in [-0.2, 0) is 14.5 Å². The molecule has 2 aliphatic rings. The van der Waals surface area contributed by atoms with Crippen molar-refractivity contribution in [1.29, 1.82) is 0 Å². The molecule has 1 saturated carbocycles. The quantitative estimate of drug-likeness (QED) is 0.460. The van der Waals surface area contributed by atoms with Crippen LogP contribution in [0.25, 0.3) is 0 Å². The summed E-state index contributed by atoms with van der Waals surface area (Å²) in [4.78, 5) is 10.4. The molecule has 0 spiro atoms. The summed E-state index contributed by atoms with van der Waals surface area (Å²) in [5.74, 6) is -1.08. The van der Waals surface area contributed by atoms with Crippen LogP contribution in [0.2, 0.25) is 0 Å². The molecule has 2 fully saturated rings. The zero-order valence-electron chi connectivity index (χ0n) is 9.82. The molecular weight excluding hydrogens is 208 g/mol. The maximum atomic E-state index is 10.1. The fourth-order valence-corrected chi connectivity index (χ4v) is 2.29. The van der Waals surface area contributed by atoms with Gasteiger partial charge in [0.05, 0.1) is 0 Å². The summed E-state index contributed by atoms with van der Waals surface area (Å²) in [6.45, 7) is 0.729. The molecule has 16 heavy (non-hydrogen) atoms. The fourth-order valence-electron chi connectivity index (χ4n) is 2.29. The number of ether oxygens (including phenoxy) is 1. The second kappa shape index (κ2) is 5.96. The molecule has 4 heteroatoms. The van der Waals surface area contributed by atoms with Crippen molar-refractivity contribution in [3.05, 3.63) is 0 Å². The van der Waals surface area contributed by atoms with E-state index in [1.54, 1.807) is 0 Å². The molecule has 0 amide bonds. The summed E-state index contributed by atoms with van der Waals surface area (Å²) in [5.41, 5.74) is 0. The predicted octanol–water partition coefficient (Wildman–Crippen LogP) is 2.50. The molecule has 2 rings (SSSR count). The van der Waals surface area contributed by atoms with Crippen LogP contribution in [0.4, 0.5) is 0 Å². The van der Waals surface area contributed by atoms with E-state index in [1.807, 2.05) is 0 Å². The predicted molar refractivity (Wildman–Crippen MR) is 58.4 cm³/mol. The number of hydrogen-bond acceptors (Lipinski definition) is 4. The monoisotopic (exact) mass is 230 g/mol. The number of hydrogen-bond donors (Lipinski definition) is 1. The van der Waals surface area contributed by atoms with E-state index in [4.69, 9.17) is 14.5 Å². The molecule has 1 atom stereocenters. The average molecular weight is 230 g/mol. The summed E-state index contributed by atoms with van der Waals surface area (Å²) in [7, 11) is 0. The zero-order chi connectivity index (χ0) is 11.3. The first kappa shape index (κ1) is 12.3. The molecule has 1 heterocycles. The highest BCUT2D eigenvalue weighted by Crippen LogP contribution is 2.30. The highest BCUT2D eigenvalue weighted by atomic mass is 17.2. The highest BCUT2D eigenvalue weighted by molar-refractivity contribution is 4.71. The first-order valence-electron chi connectivity index (χ1n) is 6.47. The molecule has 0 radical (unpaired) electrons. The van der Waals surface area contributed by atoms with E-state index in [0.29, 0.717) is 12.8 Å². The molecule has 94 valence electrons. The normalized spacial score (nSPS) is 30.9. The van der Waals surface area contributed by atoms with Gasteiger partial charge in [0.2, 0.25) is 0 Å². The lowest BCUT2D eigenvalue weighted by Crippen LogP contribution is -2.36. The third kappa shape index (κ3) is 3.70. The lowest BCUT2D eigenvalue weighted by atomic mass is 9.95. The van der Waals surface area contributed by atoms with Crippen molar-refractivity contribution in [2.75, 3.05) is 6.61 Å². The molecule has 0 aromatic heterocycles. The van der Waals surface area contributed by atoms with Gasteiger partial charge in [-0.05, 0) is 25.7 Å². The Hall–Kier alpha value is -0.160. The zero-order valence-corrected chi connectivity index (χ0v) is 9.82. The van der Waals surface area contributed by atoms with Crippen LogP contribution in [0.3, 0.4) is 0 Å². The minimum Gasteiger partial charge on any atom is -0.363 e. The third-order valence-corrected chi connectivity index (χ3v) is 3.33. The smallest absolute Gasteiger partial charge is 0.199 e. The fraction of sp³-hybridized carbons (Fsp3) is 1.00. The van der Waals surface area contributed by atoms with Gasteiger partial charge in [0.15, 0.2) is 12.1 Å². The van der Waals surface area contributed by atoms with Gasteiger partial charge in [-0.2, -0.15) is 4.89 Å². The topological polar surface area (TPSA) is 47.9 Å². The highest BCUT2D eigenvalue weighted by Gasteiger charge is 2.32. The van der Waals surface area contributed by atoms with E-state index in [-0.39, 0.29) is 6.29 Å². The first-order chi connectivity index (χ1) is 7.79. The molecule has 1 N–H and O–H groups in total. The molecule has 4 nitrogen and oxygen atoms in total. The Labute approximate surface area is 96.8 Å². The molecule has 0 aromatic carbocycles. The van der Waals surface area contributed by atoms with Gasteiger partial charge in [0.1, 0.15) is 0 Å². The van der Waals surface area contributed by atoms with E-state index < -0.39 is 5.79 Å². The van der Waals surface area contributed by atoms with Crippen molar-refractivity contribution >= 4 is 0 Å². The summed E-state index contributed by atoms with van der Waals surface area (Å²) in [6.07, 6.45) is 8.45. The van der Waals surface area contributed by atoms with Gasteiger partial charge in [0, 0.05) is 25.9 Å². The summed E-state index contributed by atoms with van der Waals surface area (Å²) in [6, 6.07) is 0. The van der Waals surface area contributed by atoms with Gasteiger partial charge < -0.3 is 9.84 Å². The van der Waals surface area contributed by atoms with E-state index in [1.165, 1.54) is 12.8 Å². The van der Waals surface area contributed by atoms with Gasteiger partial charge in [-0.15, -0.1) is 0 Å². The average Bonchev–Trinajstić information content (AvgIpc) is 2.56. The van der Waals surface area contributed by atoms with Crippen LogP contribution in [0.5, 0.6) is 0 Å². The summed E-state index contributed by atoms with van der Waals surface area (Å²) in [5, 5.41) is 10.1. The minimum atomic E-state index is -1.08. The Balaban J connectivity index is 1.72. The Bertz CT molecular complexity index is 193. The van der Waals surface area contributed by atoms with Crippen LogP contribution >= 0.6 is 0 Å². The molecule has 1 aliphatic carbocycles. The van der Waals surface area contributed by atoms with Gasteiger partial charge in [-0.3, -0.25) is 0 Å². The standard InChI is InChI=1S/C12H22O4/c13-12(8-4-2-5-9-12)16-15-11-7-3-1-6-10-14-11/h11,13H,1-10H2. The molecular formula is C12H22O4. The second-order valence-electron chi connectivity index (χ2n) is 4.84. The second-order valence-corrected chi connectivity index (χ2v) is 4.84. The van der Waals surface area contributed by atoms with E-state index in [0.717, 1.165) is 38.7 Å². The van der Waals surface area contributed by atoms with Gasteiger partial charge in [0.25, 0.3) is 0 Å². The van der Waals surface area contributed by atoms with Crippen LogP contribution in [0, 0.1) is 0 Å². The molecule has 1 unspecified atom stereocenters. The Morgan fingerprint density at radius 3 is 2.56 bits per heavy atom. The van der Waals surface area contributed by atoms with E-state index >= 15 is 0 Å². The maximum absolute atomic E-state index is 10.1.